The van der Waals surface area contributed by atoms with Crippen LogP contribution in [-0.4, -0.2) is 34.0 Å². The van der Waals surface area contributed by atoms with E-state index >= 15 is 0 Å². The van der Waals surface area contributed by atoms with Gasteiger partial charge in [-0.3, -0.25) is 4.79 Å². The molecule has 0 bridgehead atoms. The van der Waals surface area contributed by atoms with Crippen molar-refractivity contribution in [3.8, 4) is 0 Å². The van der Waals surface area contributed by atoms with Gasteiger partial charge in [0.05, 0.1) is 5.57 Å². The first-order valence-electron chi connectivity index (χ1n) is 12.5. The average molecular weight is 428 g/mol. The number of fused-ring (bicyclic) bond motifs is 5. The van der Waals surface area contributed by atoms with E-state index in [1.165, 1.54) is 12.8 Å². The van der Waals surface area contributed by atoms with Gasteiger partial charge in [0.25, 0.3) is 0 Å². The summed E-state index contributed by atoms with van der Waals surface area (Å²) in [4.78, 5) is 27.3. The molecule has 4 rings (SSSR count). The number of rotatable bonds is 4. The lowest BCUT2D eigenvalue weighted by Gasteiger charge is -2.58. The highest BCUT2D eigenvalue weighted by molar-refractivity contribution is 5.90. The van der Waals surface area contributed by atoms with Gasteiger partial charge < -0.3 is 10.0 Å². The highest BCUT2D eigenvalue weighted by Crippen LogP contribution is 2.66. The SMILES string of the molecule is CC(C)N(C(=O)[C@H]1CCC2C3CC[C@H]4C=C(C(=O)O)C=C[C@]4(C)C3CC[C@@]21C)C(C)C. The van der Waals surface area contributed by atoms with Gasteiger partial charge in [-0.15, -0.1) is 0 Å². The van der Waals surface area contributed by atoms with Crippen LogP contribution >= 0.6 is 0 Å². The van der Waals surface area contributed by atoms with Crippen molar-refractivity contribution in [1.82, 2.24) is 4.90 Å². The molecule has 0 spiro atoms. The van der Waals surface area contributed by atoms with Crippen molar-refractivity contribution in [2.45, 2.75) is 92.2 Å². The summed E-state index contributed by atoms with van der Waals surface area (Å²) in [6, 6.07) is 0.479. The second kappa shape index (κ2) is 7.78. The van der Waals surface area contributed by atoms with Gasteiger partial charge in [-0.1, -0.05) is 32.1 Å². The van der Waals surface area contributed by atoms with Gasteiger partial charge in [0, 0.05) is 18.0 Å². The molecule has 3 unspecified atom stereocenters. The smallest absolute Gasteiger partial charge is 0.335 e. The van der Waals surface area contributed by atoms with Crippen LogP contribution in [-0.2, 0) is 9.59 Å². The zero-order valence-corrected chi connectivity index (χ0v) is 20.2. The Labute approximate surface area is 188 Å². The number of hydrogen-bond acceptors (Lipinski definition) is 2. The van der Waals surface area contributed by atoms with Crippen LogP contribution < -0.4 is 0 Å². The number of carbonyl (C=O) groups excluding carboxylic acids is 1. The minimum absolute atomic E-state index is 0.0488. The first kappa shape index (κ1) is 22.6. The fourth-order valence-corrected chi connectivity index (χ4v) is 8.31. The van der Waals surface area contributed by atoms with Gasteiger partial charge in [0.1, 0.15) is 0 Å². The van der Waals surface area contributed by atoms with Crippen molar-refractivity contribution < 1.29 is 14.7 Å². The largest absolute Gasteiger partial charge is 0.478 e. The molecule has 3 fully saturated rings. The Kier molecular flexibility index (Phi) is 5.67. The first-order chi connectivity index (χ1) is 14.5. The molecule has 0 aromatic rings. The molecule has 4 aliphatic rings. The fourth-order valence-electron chi connectivity index (χ4n) is 8.31. The Balaban J connectivity index is 1.58. The molecule has 172 valence electrons. The number of amides is 1. The van der Waals surface area contributed by atoms with Crippen LogP contribution in [0.3, 0.4) is 0 Å². The first-order valence-corrected chi connectivity index (χ1v) is 12.5. The van der Waals surface area contributed by atoms with Gasteiger partial charge in [-0.25, -0.2) is 4.79 Å². The molecule has 7 atom stereocenters. The summed E-state index contributed by atoms with van der Waals surface area (Å²) in [6.07, 6.45) is 12.8. The van der Waals surface area contributed by atoms with E-state index in [4.69, 9.17) is 0 Å². The zero-order valence-electron chi connectivity index (χ0n) is 20.2. The van der Waals surface area contributed by atoms with E-state index in [1.54, 1.807) is 0 Å². The quantitative estimate of drug-likeness (QED) is 0.627. The lowest BCUT2D eigenvalue weighted by Crippen LogP contribution is -2.54. The molecule has 0 aromatic carbocycles. The van der Waals surface area contributed by atoms with E-state index in [2.05, 4.69) is 52.5 Å². The third kappa shape index (κ3) is 3.40. The van der Waals surface area contributed by atoms with E-state index < -0.39 is 5.97 Å². The standard InChI is InChI=1S/C27H41NO3/c1-16(2)28(17(3)4)24(29)23-10-9-21-20-8-7-19-15-18(25(30)31)11-13-26(19,5)22(20)12-14-27(21,23)6/h11,13,15-17,19-23H,7-10,12,14H2,1-6H3,(H,30,31)/t19-,20?,21?,22?,23+,26-,27-/m0/s1. The summed E-state index contributed by atoms with van der Waals surface area (Å²) in [5.41, 5.74) is 0.604. The number of carboxylic acid groups (broad SMARTS) is 1. The summed E-state index contributed by atoms with van der Waals surface area (Å²) < 4.78 is 0. The second-order valence-corrected chi connectivity index (χ2v) is 11.8. The molecule has 4 heteroatoms. The maximum Gasteiger partial charge on any atom is 0.335 e. The van der Waals surface area contributed by atoms with E-state index in [0.717, 1.165) is 25.7 Å². The van der Waals surface area contributed by atoms with Gasteiger partial charge in [-0.2, -0.15) is 0 Å². The van der Waals surface area contributed by atoms with Gasteiger partial charge >= 0.3 is 5.97 Å². The van der Waals surface area contributed by atoms with Crippen molar-refractivity contribution >= 4 is 11.9 Å². The fraction of sp³-hybridized carbons (Fsp3) is 0.778. The summed E-state index contributed by atoms with van der Waals surface area (Å²) >= 11 is 0. The number of aliphatic carboxylic acids is 1. The van der Waals surface area contributed by atoms with Crippen molar-refractivity contribution in [2.24, 2.45) is 40.4 Å². The Hall–Kier alpha value is -1.58. The van der Waals surface area contributed by atoms with Gasteiger partial charge in [0.15, 0.2) is 0 Å². The Morgan fingerprint density at radius 2 is 1.68 bits per heavy atom. The van der Waals surface area contributed by atoms with Crippen molar-refractivity contribution in [2.75, 3.05) is 0 Å². The predicted molar refractivity (Wildman–Crippen MR) is 123 cm³/mol. The van der Waals surface area contributed by atoms with Crippen LogP contribution in [0.25, 0.3) is 0 Å². The normalized spacial score (nSPS) is 41.4. The molecule has 0 saturated heterocycles. The molecule has 0 aliphatic heterocycles. The number of allylic oxidation sites excluding steroid dienone is 2. The Morgan fingerprint density at radius 1 is 1.00 bits per heavy atom. The molecular weight excluding hydrogens is 386 g/mol. The van der Waals surface area contributed by atoms with Crippen LogP contribution in [0.5, 0.6) is 0 Å². The molecule has 0 heterocycles. The predicted octanol–water partition coefficient (Wildman–Crippen LogP) is 5.69. The van der Waals surface area contributed by atoms with Gasteiger partial charge in [-0.05, 0) is 101 Å². The monoisotopic (exact) mass is 427 g/mol. The lowest BCUT2D eigenvalue weighted by molar-refractivity contribution is -0.147. The lowest BCUT2D eigenvalue weighted by atomic mass is 9.46. The van der Waals surface area contributed by atoms with Crippen molar-refractivity contribution in [3.05, 3.63) is 23.8 Å². The van der Waals surface area contributed by atoms with Crippen molar-refractivity contribution in [3.63, 3.8) is 0 Å². The van der Waals surface area contributed by atoms with Crippen LogP contribution in [0.1, 0.15) is 80.1 Å². The van der Waals surface area contributed by atoms with Crippen molar-refractivity contribution in [1.29, 1.82) is 0 Å². The molecule has 0 aromatic heterocycles. The average Bonchev–Trinajstić information content (AvgIpc) is 3.03. The third-order valence-corrected chi connectivity index (χ3v) is 9.76. The van der Waals surface area contributed by atoms with Crippen LogP contribution in [0.2, 0.25) is 0 Å². The molecule has 4 nitrogen and oxygen atoms in total. The molecule has 1 N–H and O–H groups in total. The second-order valence-electron chi connectivity index (χ2n) is 11.8. The zero-order chi connectivity index (χ0) is 22.7. The van der Waals surface area contributed by atoms with Gasteiger partial charge in [0.2, 0.25) is 5.91 Å². The number of carbonyl (C=O) groups is 2. The van der Waals surface area contributed by atoms with Crippen LogP contribution in [0.4, 0.5) is 0 Å². The highest BCUT2D eigenvalue weighted by Gasteiger charge is 2.60. The maximum absolute atomic E-state index is 13.7. The van der Waals surface area contributed by atoms with E-state index in [0.29, 0.717) is 35.2 Å². The summed E-state index contributed by atoms with van der Waals surface area (Å²) in [5, 5.41) is 9.45. The van der Waals surface area contributed by atoms with Crippen LogP contribution in [0.15, 0.2) is 23.8 Å². The molecule has 0 radical (unpaired) electrons. The summed E-state index contributed by atoms with van der Waals surface area (Å²) in [7, 11) is 0. The Bertz CT molecular complexity index is 803. The van der Waals surface area contributed by atoms with E-state index in [-0.39, 0.29) is 28.8 Å². The molecule has 1 amide bonds. The topological polar surface area (TPSA) is 57.6 Å². The van der Waals surface area contributed by atoms with Crippen LogP contribution in [0, 0.1) is 40.4 Å². The molecule has 4 aliphatic carbocycles. The summed E-state index contributed by atoms with van der Waals surface area (Å²) in [6.45, 7) is 13.3. The maximum atomic E-state index is 13.7. The van der Waals surface area contributed by atoms with E-state index in [9.17, 15) is 14.7 Å². The highest BCUT2D eigenvalue weighted by atomic mass is 16.4. The number of carboxylic acids is 1. The molecule has 31 heavy (non-hydrogen) atoms. The summed E-state index contributed by atoms with van der Waals surface area (Å²) in [5.74, 6) is 1.88. The minimum Gasteiger partial charge on any atom is -0.478 e. The Morgan fingerprint density at radius 3 is 2.29 bits per heavy atom. The molecule has 3 saturated carbocycles. The molecular formula is C27H41NO3. The number of nitrogens with zero attached hydrogens (tertiary/aromatic N) is 1. The van der Waals surface area contributed by atoms with E-state index in [1.807, 2.05) is 12.2 Å². The third-order valence-electron chi connectivity index (χ3n) is 9.76. The minimum atomic E-state index is -0.811. The number of hydrogen-bond donors (Lipinski definition) is 1.